The molecule has 3 aliphatic carbocycles. The minimum atomic E-state index is -0.0239. The number of rotatable bonds is 3. The standard InChI is InChI=1S/C15H26N2O/c1-9(15(18)17(2)3)16-14-8-10-7-13(14)12-6-4-5-11(10)12/h9-14,16H,4-8H2,1-3H3. The first-order valence-electron chi connectivity index (χ1n) is 7.55. The second-order valence-electron chi connectivity index (χ2n) is 6.88. The highest BCUT2D eigenvalue weighted by Gasteiger charge is 2.53. The summed E-state index contributed by atoms with van der Waals surface area (Å²) >= 11 is 0. The van der Waals surface area contributed by atoms with Gasteiger partial charge in [-0.25, -0.2) is 0 Å². The Balaban J connectivity index is 1.61. The molecule has 0 radical (unpaired) electrons. The molecule has 1 N–H and O–H groups in total. The van der Waals surface area contributed by atoms with Crippen molar-refractivity contribution in [2.45, 2.75) is 51.1 Å². The summed E-state index contributed by atoms with van der Waals surface area (Å²) in [7, 11) is 3.68. The molecule has 18 heavy (non-hydrogen) atoms. The molecule has 0 aromatic rings. The predicted octanol–water partition coefficient (Wildman–Crippen LogP) is 1.88. The van der Waals surface area contributed by atoms with Gasteiger partial charge in [0.15, 0.2) is 0 Å². The third kappa shape index (κ3) is 1.87. The van der Waals surface area contributed by atoms with E-state index in [0.717, 1.165) is 23.7 Å². The Morgan fingerprint density at radius 2 is 1.89 bits per heavy atom. The zero-order chi connectivity index (χ0) is 12.9. The lowest BCUT2D eigenvalue weighted by Gasteiger charge is -2.34. The molecular formula is C15H26N2O. The molecule has 0 spiro atoms. The summed E-state index contributed by atoms with van der Waals surface area (Å²) in [5.74, 6) is 4.04. The summed E-state index contributed by atoms with van der Waals surface area (Å²) in [6.45, 7) is 2.01. The van der Waals surface area contributed by atoms with Crippen LogP contribution in [0.2, 0.25) is 0 Å². The van der Waals surface area contributed by atoms with E-state index in [4.69, 9.17) is 0 Å². The number of nitrogens with zero attached hydrogens (tertiary/aromatic N) is 1. The molecular weight excluding hydrogens is 224 g/mol. The molecule has 3 rings (SSSR count). The Morgan fingerprint density at radius 3 is 2.61 bits per heavy atom. The van der Waals surface area contributed by atoms with Crippen LogP contribution in [0.15, 0.2) is 0 Å². The predicted molar refractivity (Wildman–Crippen MR) is 72.1 cm³/mol. The van der Waals surface area contributed by atoms with Crippen molar-refractivity contribution in [1.29, 1.82) is 0 Å². The van der Waals surface area contributed by atoms with Crippen molar-refractivity contribution < 1.29 is 4.79 Å². The van der Waals surface area contributed by atoms with Crippen LogP contribution in [0, 0.1) is 23.7 Å². The molecule has 0 aromatic heterocycles. The molecule has 0 aromatic carbocycles. The number of hydrogen-bond acceptors (Lipinski definition) is 2. The monoisotopic (exact) mass is 250 g/mol. The van der Waals surface area contributed by atoms with Gasteiger partial charge in [0.25, 0.3) is 0 Å². The molecule has 6 atom stereocenters. The molecule has 0 saturated heterocycles. The first kappa shape index (κ1) is 12.5. The van der Waals surface area contributed by atoms with Gasteiger partial charge < -0.3 is 10.2 Å². The molecule has 3 nitrogen and oxygen atoms in total. The Labute approximate surface area is 110 Å². The summed E-state index contributed by atoms with van der Waals surface area (Å²) in [6, 6.07) is 0.581. The van der Waals surface area contributed by atoms with Gasteiger partial charge in [0.1, 0.15) is 0 Å². The Morgan fingerprint density at radius 1 is 1.17 bits per heavy atom. The number of nitrogens with one attached hydrogen (secondary N) is 1. The van der Waals surface area contributed by atoms with E-state index in [1.54, 1.807) is 4.90 Å². The molecule has 3 aliphatic rings. The van der Waals surface area contributed by atoms with Crippen molar-refractivity contribution in [2.24, 2.45) is 23.7 Å². The molecule has 2 bridgehead atoms. The van der Waals surface area contributed by atoms with Gasteiger partial charge in [-0.2, -0.15) is 0 Å². The van der Waals surface area contributed by atoms with Crippen LogP contribution < -0.4 is 5.32 Å². The van der Waals surface area contributed by atoms with E-state index in [-0.39, 0.29) is 11.9 Å². The number of likely N-dealkylation sites (N-methyl/N-ethyl adjacent to an activating group) is 1. The summed E-state index contributed by atoms with van der Waals surface area (Å²) in [6.07, 6.45) is 7.11. The fourth-order valence-corrected chi connectivity index (χ4v) is 5.04. The minimum absolute atomic E-state index is 0.0239. The maximum Gasteiger partial charge on any atom is 0.238 e. The first-order chi connectivity index (χ1) is 8.58. The third-order valence-corrected chi connectivity index (χ3v) is 5.70. The maximum absolute atomic E-state index is 11.9. The quantitative estimate of drug-likeness (QED) is 0.829. The van der Waals surface area contributed by atoms with Crippen LogP contribution in [0.4, 0.5) is 0 Å². The molecule has 102 valence electrons. The maximum atomic E-state index is 11.9. The van der Waals surface area contributed by atoms with Crippen LogP contribution >= 0.6 is 0 Å². The van der Waals surface area contributed by atoms with Crippen molar-refractivity contribution in [3.63, 3.8) is 0 Å². The van der Waals surface area contributed by atoms with E-state index in [0.29, 0.717) is 6.04 Å². The van der Waals surface area contributed by atoms with Gasteiger partial charge in [0.05, 0.1) is 6.04 Å². The SMILES string of the molecule is CC(NC1CC2CC1C1CCCC21)C(=O)N(C)C. The van der Waals surface area contributed by atoms with Crippen molar-refractivity contribution in [3.8, 4) is 0 Å². The highest BCUT2D eigenvalue weighted by atomic mass is 16.2. The number of hydrogen-bond donors (Lipinski definition) is 1. The normalized spacial score (nSPS) is 42.9. The number of fused-ring (bicyclic) bond motifs is 5. The summed E-state index contributed by atoms with van der Waals surface area (Å²) < 4.78 is 0. The average molecular weight is 250 g/mol. The van der Waals surface area contributed by atoms with Crippen LogP contribution in [0.25, 0.3) is 0 Å². The fraction of sp³-hybridized carbons (Fsp3) is 0.933. The van der Waals surface area contributed by atoms with Crippen molar-refractivity contribution in [1.82, 2.24) is 10.2 Å². The van der Waals surface area contributed by atoms with E-state index in [1.807, 2.05) is 21.0 Å². The third-order valence-electron chi connectivity index (χ3n) is 5.70. The van der Waals surface area contributed by atoms with Crippen LogP contribution in [0.3, 0.4) is 0 Å². The minimum Gasteiger partial charge on any atom is -0.347 e. The Hall–Kier alpha value is -0.570. The van der Waals surface area contributed by atoms with Crippen molar-refractivity contribution in [3.05, 3.63) is 0 Å². The second kappa shape index (κ2) is 4.52. The lowest BCUT2D eigenvalue weighted by molar-refractivity contribution is -0.130. The van der Waals surface area contributed by atoms with Crippen LogP contribution in [0.1, 0.15) is 39.0 Å². The summed E-state index contributed by atoms with van der Waals surface area (Å²) in [5.41, 5.74) is 0. The van der Waals surface area contributed by atoms with Gasteiger partial charge >= 0.3 is 0 Å². The average Bonchev–Trinajstić information content (AvgIpc) is 2.98. The zero-order valence-electron chi connectivity index (χ0n) is 11.9. The summed E-state index contributed by atoms with van der Waals surface area (Å²) in [4.78, 5) is 13.6. The van der Waals surface area contributed by atoms with E-state index < -0.39 is 0 Å². The lowest BCUT2D eigenvalue weighted by Crippen LogP contribution is -2.49. The summed E-state index contributed by atoms with van der Waals surface area (Å²) in [5, 5.41) is 3.61. The second-order valence-corrected chi connectivity index (χ2v) is 6.88. The molecule has 3 heteroatoms. The van der Waals surface area contributed by atoms with Crippen LogP contribution in [-0.4, -0.2) is 37.0 Å². The smallest absolute Gasteiger partial charge is 0.238 e. The van der Waals surface area contributed by atoms with E-state index >= 15 is 0 Å². The van der Waals surface area contributed by atoms with Crippen LogP contribution in [-0.2, 0) is 4.79 Å². The number of carbonyl (C=O) groups is 1. The zero-order valence-corrected chi connectivity index (χ0v) is 11.9. The number of amides is 1. The molecule has 1 amide bonds. The topological polar surface area (TPSA) is 32.3 Å². The number of carbonyl (C=O) groups excluding carboxylic acids is 1. The van der Waals surface area contributed by atoms with Crippen LogP contribution in [0.5, 0.6) is 0 Å². The molecule has 0 heterocycles. The van der Waals surface area contributed by atoms with Gasteiger partial charge in [-0.3, -0.25) is 4.79 Å². The Bertz CT molecular complexity index is 341. The first-order valence-corrected chi connectivity index (χ1v) is 7.55. The largest absolute Gasteiger partial charge is 0.347 e. The van der Waals surface area contributed by atoms with E-state index in [9.17, 15) is 4.79 Å². The van der Waals surface area contributed by atoms with Crippen molar-refractivity contribution in [2.75, 3.05) is 14.1 Å². The molecule has 6 unspecified atom stereocenters. The van der Waals surface area contributed by atoms with Gasteiger partial charge in [-0.1, -0.05) is 6.42 Å². The highest BCUT2D eigenvalue weighted by molar-refractivity contribution is 5.80. The van der Waals surface area contributed by atoms with Gasteiger partial charge in [0.2, 0.25) is 5.91 Å². The Kier molecular flexibility index (Phi) is 3.13. The van der Waals surface area contributed by atoms with Gasteiger partial charge in [-0.15, -0.1) is 0 Å². The highest BCUT2D eigenvalue weighted by Crippen LogP contribution is 2.58. The molecule has 3 saturated carbocycles. The van der Waals surface area contributed by atoms with Gasteiger partial charge in [-0.05, 0) is 56.3 Å². The lowest BCUT2D eigenvalue weighted by atomic mass is 9.79. The van der Waals surface area contributed by atoms with E-state index in [1.165, 1.54) is 32.1 Å². The van der Waals surface area contributed by atoms with Crippen molar-refractivity contribution >= 4 is 5.91 Å². The molecule has 3 fully saturated rings. The van der Waals surface area contributed by atoms with Gasteiger partial charge in [0, 0.05) is 20.1 Å². The fourth-order valence-electron chi connectivity index (χ4n) is 5.04. The van der Waals surface area contributed by atoms with E-state index in [2.05, 4.69) is 5.32 Å². The molecule has 0 aliphatic heterocycles.